The predicted molar refractivity (Wildman–Crippen MR) is 77.0 cm³/mol. The van der Waals surface area contributed by atoms with Gasteiger partial charge in [-0.1, -0.05) is 30.7 Å². The molecule has 0 radical (unpaired) electrons. The summed E-state index contributed by atoms with van der Waals surface area (Å²) in [5, 5.41) is 0.676. The molecule has 1 unspecified atom stereocenters. The quantitative estimate of drug-likeness (QED) is 0.827. The second-order valence-corrected chi connectivity index (χ2v) is 5.72. The average Bonchev–Trinajstić information content (AvgIpc) is 2.27. The summed E-state index contributed by atoms with van der Waals surface area (Å²) in [6.07, 6.45) is 0.323. The summed E-state index contributed by atoms with van der Waals surface area (Å²) in [6.45, 7) is 7.48. The molecule has 1 aromatic rings. The van der Waals surface area contributed by atoms with Crippen LogP contribution in [0.1, 0.15) is 45.7 Å². The minimum atomic E-state index is -0.510. The molecule has 19 heavy (non-hydrogen) atoms. The van der Waals surface area contributed by atoms with Gasteiger partial charge in [-0.2, -0.15) is 0 Å². The molecule has 5 heteroatoms. The predicted octanol–water partition coefficient (Wildman–Crippen LogP) is 3.82. The molecule has 1 atom stereocenters. The van der Waals surface area contributed by atoms with Gasteiger partial charge in [0.05, 0.1) is 6.04 Å². The Hall–Kier alpha value is -1.26. The Morgan fingerprint density at radius 1 is 1.42 bits per heavy atom. The van der Waals surface area contributed by atoms with Crippen molar-refractivity contribution in [2.45, 2.75) is 45.8 Å². The van der Waals surface area contributed by atoms with E-state index in [0.717, 1.165) is 12.0 Å². The first kappa shape index (κ1) is 15.8. The first-order chi connectivity index (χ1) is 8.81. The molecule has 0 fully saturated rings. The molecular weight excluding hydrogens is 264 g/mol. The maximum absolute atomic E-state index is 11.6. The van der Waals surface area contributed by atoms with Crippen LogP contribution in [0.3, 0.4) is 0 Å². The Balaban J connectivity index is 2.56. The number of carbonyl (C=O) groups excluding carboxylic acids is 1. The summed E-state index contributed by atoms with van der Waals surface area (Å²) in [6, 6.07) is 7.53. The summed E-state index contributed by atoms with van der Waals surface area (Å²) in [5.74, 6) is 0. The van der Waals surface area contributed by atoms with Gasteiger partial charge >= 0.3 is 6.09 Å². The molecule has 106 valence electrons. The van der Waals surface area contributed by atoms with Gasteiger partial charge in [0.25, 0.3) is 0 Å². The van der Waals surface area contributed by atoms with Gasteiger partial charge in [-0.3, -0.25) is 5.43 Å². The van der Waals surface area contributed by atoms with Crippen molar-refractivity contribution in [1.29, 1.82) is 0 Å². The van der Waals surface area contributed by atoms with E-state index < -0.39 is 11.7 Å². The number of benzene rings is 1. The first-order valence-corrected chi connectivity index (χ1v) is 6.69. The van der Waals surface area contributed by atoms with Crippen LogP contribution in [0.5, 0.6) is 0 Å². The van der Waals surface area contributed by atoms with Crippen LogP contribution in [-0.4, -0.2) is 11.7 Å². The summed E-state index contributed by atoms with van der Waals surface area (Å²) in [5.41, 5.74) is 6.02. The van der Waals surface area contributed by atoms with Crippen LogP contribution in [0.25, 0.3) is 0 Å². The Morgan fingerprint density at radius 3 is 2.63 bits per heavy atom. The van der Waals surface area contributed by atoms with Crippen LogP contribution in [0, 0.1) is 0 Å². The maximum atomic E-state index is 11.6. The van der Waals surface area contributed by atoms with E-state index in [1.807, 2.05) is 52.0 Å². The molecule has 0 aliphatic rings. The van der Waals surface area contributed by atoms with Crippen molar-refractivity contribution in [2.75, 3.05) is 0 Å². The second kappa shape index (κ2) is 6.78. The molecule has 0 aliphatic heterocycles. The van der Waals surface area contributed by atoms with Crippen LogP contribution in [0.2, 0.25) is 5.02 Å². The van der Waals surface area contributed by atoms with Crippen LogP contribution in [0.4, 0.5) is 4.79 Å². The Bertz CT molecular complexity index is 430. The lowest BCUT2D eigenvalue weighted by Crippen LogP contribution is -2.42. The van der Waals surface area contributed by atoms with Gasteiger partial charge in [0, 0.05) is 5.02 Å². The van der Waals surface area contributed by atoms with Crippen LogP contribution >= 0.6 is 11.6 Å². The summed E-state index contributed by atoms with van der Waals surface area (Å²) >= 11 is 5.96. The van der Waals surface area contributed by atoms with Crippen LogP contribution < -0.4 is 10.9 Å². The molecular formula is C14H21ClN2O2. The fraction of sp³-hybridized carbons (Fsp3) is 0.500. The number of ether oxygens (including phenoxy) is 1. The van der Waals surface area contributed by atoms with Crippen molar-refractivity contribution < 1.29 is 9.53 Å². The van der Waals surface area contributed by atoms with E-state index in [1.54, 1.807) is 0 Å². The lowest BCUT2D eigenvalue weighted by Gasteiger charge is -2.22. The average molecular weight is 285 g/mol. The van der Waals surface area contributed by atoms with Gasteiger partial charge in [0.2, 0.25) is 0 Å². The molecule has 1 amide bonds. The van der Waals surface area contributed by atoms with Gasteiger partial charge in [-0.15, -0.1) is 0 Å². The van der Waals surface area contributed by atoms with E-state index in [-0.39, 0.29) is 6.04 Å². The zero-order chi connectivity index (χ0) is 14.5. The third kappa shape index (κ3) is 5.94. The van der Waals surface area contributed by atoms with E-state index in [0.29, 0.717) is 5.02 Å². The molecule has 2 N–H and O–H groups in total. The minimum absolute atomic E-state index is 0.00813. The molecule has 0 aliphatic carbocycles. The number of amides is 1. The molecule has 0 spiro atoms. The van der Waals surface area contributed by atoms with Crippen molar-refractivity contribution in [2.24, 2.45) is 0 Å². The van der Waals surface area contributed by atoms with Crippen molar-refractivity contribution >= 4 is 17.7 Å². The zero-order valence-corrected chi connectivity index (χ0v) is 12.5. The molecule has 1 rings (SSSR count). The first-order valence-electron chi connectivity index (χ1n) is 6.32. The van der Waals surface area contributed by atoms with Crippen molar-refractivity contribution in [1.82, 2.24) is 10.9 Å². The van der Waals surface area contributed by atoms with Gasteiger partial charge in [0.15, 0.2) is 0 Å². The maximum Gasteiger partial charge on any atom is 0.422 e. The number of rotatable bonds is 4. The Kier molecular flexibility index (Phi) is 5.63. The third-order valence-electron chi connectivity index (χ3n) is 2.41. The highest BCUT2D eigenvalue weighted by atomic mass is 35.5. The highest BCUT2D eigenvalue weighted by Crippen LogP contribution is 2.19. The van der Waals surface area contributed by atoms with E-state index in [2.05, 4.69) is 10.9 Å². The number of nitrogens with one attached hydrogen (secondary N) is 2. The van der Waals surface area contributed by atoms with E-state index >= 15 is 0 Å². The smallest absolute Gasteiger partial charge is 0.422 e. The normalized spacial score (nSPS) is 12.9. The molecule has 1 aromatic carbocycles. The third-order valence-corrected chi connectivity index (χ3v) is 2.64. The van der Waals surface area contributed by atoms with E-state index in [1.165, 1.54) is 0 Å². The van der Waals surface area contributed by atoms with Gasteiger partial charge < -0.3 is 4.74 Å². The molecule has 0 heterocycles. The van der Waals surface area contributed by atoms with E-state index in [9.17, 15) is 4.79 Å². The topological polar surface area (TPSA) is 50.4 Å². The fourth-order valence-electron chi connectivity index (χ4n) is 1.59. The number of hydrazine groups is 1. The Labute approximate surface area is 119 Å². The second-order valence-electron chi connectivity index (χ2n) is 5.29. The number of carbonyl (C=O) groups is 1. The SMILES string of the molecule is CCC(NNC(=O)OC(C)(C)C)c1cccc(Cl)c1. The van der Waals surface area contributed by atoms with Crippen molar-refractivity contribution in [3.8, 4) is 0 Å². The summed E-state index contributed by atoms with van der Waals surface area (Å²) in [4.78, 5) is 11.6. The van der Waals surface area contributed by atoms with E-state index in [4.69, 9.17) is 16.3 Å². The van der Waals surface area contributed by atoms with Crippen LogP contribution in [0.15, 0.2) is 24.3 Å². The fourth-order valence-corrected chi connectivity index (χ4v) is 1.79. The highest BCUT2D eigenvalue weighted by Gasteiger charge is 2.17. The summed E-state index contributed by atoms with van der Waals surface area (Å²) < 4.78 is 5.15. The summed E-state index contributed by atoms with van der Waals surface area (Å²) in [7, 11) is 0. The zero-order valence-electron chi connectivity index (χ0n) is 11.8. The van der Waals surface area contributed by atoms with Gasteiger partial charge in [-0.25, -0.2) is 10.2 Å². The Morgan fingerprint density at radius 2 is 2.11 bits per heavy atom. The molecule has 0 bridgehead atoms. The molecule has 0 aromatic heterocycles. The standard InChI is InChI=1S/C14H21ClN2O2/c1-5-12(10-7-6-8-11(15)9-10)16-17-13(18)19-14(2,3)4/h6-9,12,16H,5H2,1-4H3,(H,17,18). The van der Waals surface area contributed by atoms with Crippen molar-refractivity contribution in [3.63, 3.8) is 0 Å². The van der Waals surface area contributed by atoms with Crippen molar-refractivity contribution in [3.05, 3.63) is 34.9 Å². The molecule has 4 nitrogen and oxygen atoms in total. The number of hydrogen-bond acceptors (Lipinski definition) is 3. The number of hydrogen-bond donors (Lipinski definition) is 2. The minimum Gasteiger partial charge on any atom is -0.443 e. The molecule has 0 saturated carbocycles. The van der Waals surface area contributed by atoms with Gasteiger partial charge in [-0.05, 0) is 44.9 Å². The highest BCUT2D eigenvalue weighted by molar-refractivity contribution is 6.30. The van der Waals surface area contributed by atoms with Crippen LogP contribution in [-0.2, 0) is 4.74 Å². The lowest BCUT2D eigenvalue weighted by atomic mass is 10.1. The largest absolute Gasteiger partial charge is 0.443 e. The monoisotopic (exact) mass is 284 g/mol. The number of halogens is 1. The lowest BCUT2D eigenvalue weighted by molar-refractivity contribution is 0.0487. The molecule has 0 saturated heterocycles. The van der Waals surface area contributed by atoms with Gasteiger partial charge in [0.1, 0.15) is 5.60 Å².